The molecular formula is C19H19ClN6O2S. The van der Waals surface area contributed by atoms with Crippen LogP contribution < -0.4 is 10.2 Å². The molecule has 8 nitrogen and oxygen atoms in total. The molecule has 2 aromatic heterocycles. The van der Waals surface area contributed by atoms with Crippen molar-refractivity contribution in [1.82, 2.24) is 19.5 Å². The molecule has 0 saturated carbocycles. The smallest absolute Gasteiger partial charge is 0.243 e. The Balaban J connectivity index is 1.39. The van der Waals surface area contributed by atoms with Crippen LogP contribution in [0, 0.1) is 0 Å². The summed E-state index contributed by atoms with van der Waals surface area (Å²) >= 11 is 5.94. The summed E-state index contributed by atoms with van der Waals surface area (Å²) < 4.78 is 27.1. The number of rotatable bonds is 5. The van der Waals surface area contributed by atoms with Crippen LogP contribution in [0.25, 0.3) is 0 Å². The van der Waals surface area contributed by atoms with E-state index in [1.807, 2.05) is 29.2 Å². The maximum atomic E-state index is 12.8. The molecule has 1 aromatic carbocycles. The molecular weight excluding hydrogens is 412 g/mol. The Morgan fingerprint density at radius 2 is 1.79 bits per heavy atom. The highest BCUT2D eigenvalue weighted by Crippen LogP contribution is 2.22. The van der Waals surface area contributed by atoms with Crippen LogP contribution in [-0.4, -0.2) is 54.1 Å². The molecule has 1 aliphatic rings. The highest BCUT2D eigenvalue weighted by Gasteiger charge is 2.29. The second kappa shape index (κ2) is 8.32. The Morgan fingerprint density at radius 3 is 2.45 bits per heavy atom. The summed E-state index contributed by atoms with van der Waals surface area (Å²) in [5, 5.41) is 12.0. The molecule has 0 spiro atoms. The number of piperazine rings is 1. The van der Waals surface area contributed by atoms with Crippen LogP contribution in [0.2, 0.25) is 5.02 Å². The Morgan fingerprint density at radius 1 is 0.966 bits per heavy atom. The van der Waals surface area contributed by atoms with Gasteiger partial charge in [-0.05, 0) is 42.5 Å². The molecule has 0 unspecified atom stereocenters. The van der Waals surface area contributed by atoms with Crippen molar-refractivity contribution in [3.63, 3.8) is 0 Å². The second-order valence-corrected chi connectivity index (χ2v) is 8.87. The Bertz CT molecular complexity index is 1070. The van der Waals surface area contributed by atoms with E-state index in [-0.39, 0.29) is 4.90 Å². The zero-order chi connectivity index (χ0) is 20.3. The molecule has 29 heavy (non-hydrogen) atoms. The van der Waals surface area contributed by atoms with Crippen LogP contribution in [-0.2, 0) is 10.0 Å². The van der Waals surface area contributed by atoms with Crippen molar-refractivity contribution >= 4 is 38.9 Å². The number of aromatic nitrogens is 3. The van der Waals surface area contributed by atoms with E-state index in [9.17, 15) is 8.42 Å². The molecule has 3 aromatic rings. The van der Waals surface area contributed by atoms with Crippen molar-refractivity contribution in [2.75, 3.05) is 36.4 Å². The Labute approximate surface area is 174 Å². The van der Waals surface area contributed by atoms with Gasteiger partial charge < -0.3 is 10.2 Å². The minimum atomic E-state index is -3.56. The molecule has 0 aliphatic carbocycles. The number of halogens is 1. The van der Waals surface area contributed by atoms with E-state index < -0.39 is 10.0 Å². The summed E-state index contributed by atoms with van der Waals surface area (Å²) in [5.74, 6) is 1.32. The SMILES string of the molecule is O=S(=O)(c1cccc(Cl)c1)N1CCN(c2ccc(Nc3cccnc3)nn2)CC1. The molecule has 1 saturated heterocycles. The van der Waals surface area contributed by atoms with Gasteiger partial charge in [-0.25, -0.2) is 8.42 Å². The van der Waals surface area contributed by atoms with Crippen LogP contribution in [0.15, 0.2) is 65.8 Å². The Kier molecular flexibility index (Phi) is 5.61. The summed E-state index contributed by atoms with van der Waals surface area (Å²) in [6.07, 6.45) is 3.40. The first-order valence-electron chi connectivity index (χ1n) is 9.04. The quantitative estimate of drug-likeness (QED) is 0.665. The molecule has 3 heterocycles. The molecule has 1 N–H and O–H groups in total. The lowest BCUT2D eigenvalue weighted by molar-refractivity contribution is 0.383. The number of benzene rings is 1. The van der Waals surface area contributed by atoms with Gasteiger partial charge in [0.1, 0.15) is 0 Å². The van der Waals surface area contributed by atoms with Crippen molar-refractivity contribution in [3.8, 4) is 0 Å². The topological polar surface area (TPSA) is 91.3 Å². The molecule has 1 aliphatic heterocycles. The fraction of sp³-hybridized carbons (Fsp3) is 0.211. The van der Waals surface area contributed by atoms with Gasteiger partial charge in [-0.1, -0.05) is 17.7 Å². The molecule has 10 heteroatoms. The van der Waals surface area contributed by atoms with Crippen molar-refractivity contribution < 1.29 is 8.42 Å². The largest absolute Gasteiger partial charge is 0.352 e. The van der Waals surface area contributed by atoms with E-state index in [0.29, 0.717) is 42.8 Å². The van der Waals surface area contributed by atoms with E-state index in [0.717, 1.165) is 5.69 Å². The molecule has 0 radical (unpaired) electrons. The van der Waals surface area contributed by atoms with Gasteiger partial charge in [0.05, 0.1) is 16.8 Å². The number of sulfonamides is 1. The number of nitrogens with zero attached hydrogens (tertiary/aromatic N) is 5. The maximum absolute atomic E-state index is 12.8. The lowest BCUT2D eigenvalue weighted by Gasteiger charge is -2.34. The van der Waals surface area contributed by atoms with Crippen molar-refractivity contribution in [2.24, 2.45) is 0 Å². The van der Waals surface area contributed by atoms with E-state index in [2.05, 4.69) is 20.5 Å². The van der Waals surface area contributed by atoms with Gasteiger partial charge >= 0.3 is 0 Å². The molecule has 0 amide bonds. The maximum Gasteiger partial charge on any atom is 0.243 e. The lowest BCUT2D eigenvalue weighted by Crippen LogP contribution is -2.49. The third-order valence-corrected chi connectivity index (χ3v) is 6.71. The first-order valence-corrected chi connectivity index (χ1v) is 10.9. The normalized spacial score (nSPS) is 15.3. The highest BCUT2D eigenvalue weighted by molar-refractivity contribution is 7.89. The van der Waals surface area contributed by atoms with Gasteiger partial charge in [0.25, 0.3) is 0 Å². The third kappa shape index (κ3) is 4.47. The van der Waals surface area contributed by atoms with Crippen LogP contribution >= 0.6 is 11.6 Å². The highest BCUT2D eigenvalue weighted by atomic mass is 35.5. The monoisotopic (exact) mass is 430 g/mol. The summed E-state index contributed by atoms with van der Waals surface area (Å²) in [6.45, 7) is 1.80. The fourth-order valence-corrected chi connectivity index (χ4v) is 4.80. The van der Waals surface area contributed by atoms with Crippen molar-refractivity contribution in [2.45, 2.75) is 4.90 Å². The minimum absolute atomic E-state index is 0.212. The van der Waals surface area contributed by atoms with E-state index in [1.165, 1.54) is 10.4 Å². The number of hydrogen-bond acceptors (Lipinski definition) is 7. The van der Waals surface area contributed by atoms with Crippen LogP contribution in [0.5, 0.6) is 0 Å². The van der Waals surface area contributed by atoms with Gasteiger partial charge in [0.2, 0.25) is 10.0 Å². The molecule has 4 rings (SSSR count). The summed E-state index contributed by atoms with van der Waals surface area (Å²) in [6, 6.07) is 13.8. The number of hydrogen-bond donors (Lipinski definition) is 1. The van der Waals surface area contributed by atoms with Crippen LogP contribution in [0.1, 0.15) is 0 Å². The number of anilines is 3. The average Bonchev–Trinajstić information content (AvgIpc) is 2.75. The van der Waals surface area contributed by atoms with Crippen molar-refractivity contribution in [1.29, 1.82) is 0 Å². The predicted molar refractivity (Wildman–Crippen MR) is 112 cm³/mol. The summed E-state index contributed by atoms with van der Waals surface area (Å²) in [7, 11) is -3.56. The average molecular weight is 431 g/mol. The first-order chi connectivity index (χ1) is 14.0. The number of pyridine rings is 1. The zero-order valence-corrected chi connectivity index (χ0v) is 17.0. The standard InChI is InChI=1S/C19H19ClN6O2S/c20-15-3-1-5-17(13-15)29(27,28)26-11-9-25(10-12-26)19-7-6-18(23-24-19)22-16-4-2-8-21-14-16/h1-8,13-14H,9-12H2,(H,22,23). The fourth-order valence-electron chi connectivity index (χ4n) is 3.08. The minimum Gasteiger partial charge on any atom is -0.352 e. The Hall–Kier alpha value is -2.75. The zero-order valence-electron chi connectivity index (χ0n) is 15.4. The van der Waals surface area contributed by atoms with Crippen LogP contribution in [0.4, 0.5) is 17.3 Å². The second-order valence-electron chi connectivity index (χ2n) is 6.49. The molecule has 150 valence electrons. The summed E-state index contributed by atoms with van der Waals surface area (Å²) in [4.78, 5) is 6.28. The number of nitrogens with one attached hydrogen (secondary N) is 1. The van der Waals surface area contributed by atoms with E-state index >= 15 is 0 Å². The van der Waals surface area contributed by atoms with Gasteiger partial charge in [0, 0.05) is 37.4 Å². The molecule has 0 atom stereocenters. The van der Waals surface area contributed by atoms with Gasteiger partial charge in [-0.15, -0.1) is 10.2 Å². The van der Waals surface area contributed by atoms with Gasteiger partial charge in [-0.2, -0.15) is 4.31 Å². The van der Waals surface area contributed by atoms with Gasteiger partial charge in [0.15, 0.2) is 11.6 Å². The summed E-state index contributed by atoms with van der Waals surface area (Å²) in [5.41, 5.74) is 0.828. The van der Waals surface area contributed by atoms with Crippen molar-refractivity contribution in [3.05, 3.63) is 65.9 Å². The van der Waals surface area contributed by atoms with Crippen LogP contribution in [0.3, 0.4) is 0 Å². The first kappa shape index (κ1) is 19.6. The lowest BCUT2D eigenvalue weighted by atomic mass is 10.3. The van der Waals surface area contributed by atoms with Gasteiger partial charge in [-0.3, -0.25) is 4.98 Å². The van der Waals surface area contributed by atoms with E-state index in [4.69, 9.17) is 11.6 Å². The molecule has 1 fully saturated rings. The molecule has 0 bridgehead atoms. The third-order valence-electron chi connectivity index (χ3n) is 4.58. The predicted octanol–water partition coefficient (Wildman–Crippen LogP) is 2.78. The van der Waals surface area contributed by atoms with E-state index in [1.54, 1.807) is 30.6 Å².